The van der Waals surface area contributed by atoms with Gasteiger partial charge < -0.3 is 15.1 Å². The van der Waals surface area contributed by atoms with Crippen LogP contribution in [0, 0.1) is 13.8 Å². The van der Waals surface area contributed by atoms with Crippen molar-refractivity contribution in [2.75, 3.05) is 0 Å². The van der Waals surface area contributed by atoms with Gasteiger partial charge in [0.25, 0.3) is 11.8 Å². The van der Waals surface area contributed by atoms with Crippen LogP contribution in [0.3, 0.4) is 0 Å². The Labute approximate surface area is 174 Å². The number of carbonyl (C=O) groups is 2. The van der Waals surface area contributed by atoms with E-state index in [0.29, 0.717) is 16.3 Å². The maximum atomic E-state index is 12.8. The average Bonchev–Trinajstić information content (AvgIpc) is 3.21. The molecule has 3 rings (SSSR count). The highest BCUT2D eigenvalue weighted by molar-refractivity contribution is 6.31. The molecule has 148 valence electrons. The van der Waals surface area contributed by atoms with Crippen molar-refractivity contribution in [2.24, 2.45) is 0 Å². The van der Waals surface area contributed by atoms with Gasteiger partial charge in [0, 0.05) is 23.2 Å². The molecule has 0 saturated heterocycles. The van der Waals surface area contributed by atoms with Crippen molar-refractivity contribution in [3.63, 3.8) is 0 Å². The summed E-state index contributed by atoms with van der Waals surface area (Å²) >= 11 is 6.14. The first-order chi connectivity index (χ1) is 13.9. The summed E-state index contributed by atoms with van der Waals surface area (Å²) in [7, 11) is 0. The number of rotatable bonds is 6. The van der Waals surface area contributed by atoms with Gasteiger partial charge >= 0.3 is 0 Å². The van der Waals surface area contributed by atoms with E-state index in [1.807, 2.05) is 38.1 Å². The lowest BCUT2D eigenvalue weighted by Crippen LogP contribution is -2.34. The lowest BCUT2D eigenvalue weighted by atomic mass is 10.1. The number of benzene rings is 2. The first-order valence-corrected chi connectivity index (χ1v) is 9.47. The number of nitrogens with one attached hydrogen (secondary N) is 2. The van der Waals surface area contributed by atoms with Gasteiger partial charge in [0.1, 0.15) is 11.5 Å². The maximum Gasteiger partial charge on any atom is 0.268 e. The SMILES string of the molecule is Cc1ccc(C(=O)N/C(=C\c2ccco2)C(=O)NCc2ccccc2Cl)cc1C. The Bertz CT molecular complexity index is 1060. The fourth-order valence-corrected chi connectivity index (χ4v) is 2.87. The molecule has 2 N–H and O–H groups in total. The van der Waals surface area contributed by atoms with Crippen LogP contribution in [0.1, 0.15) is 32.8 Å². The molecule has 0 aliphatic carbocycles. The highest BCUT2D eigenvalue weighted by Crippen LogP contribution is 2.15. The Morgan fingerprint density at radius 1 is 1.03 bits per heavy atom. The lowest BCUT2D eigenvalue weighted by molar-refractivity contribution is -0.117. The molecular weight excluding hydrogens is 388 g/mol. The number of furan rings is 1. The van der Waals surface area contributed by atoms with Crippen molar-refractivity contribution in [1.82, 2.24) is 10.6 Å². The minimum Gasteiger partial charge on any atom is -0.465 e. The number of amides is 2. The Kier molecular flexibility index (Phi) is 6.52. The zero-order chi connectivity index (χ0) is 20.8. The monoisotopic (exact) mass is 408 g/mol. The van der Waals surface area contributed by atoms with Crippen LogP contribution in [0.4, 0.5) is 0 Å². The molecule has 0 spiro atoms. The molecule has 2 aromatic carbocycles. The summed E-state index contributed by atoms with van der Waals surface area (Å²) in [6, 6.07) is 16.0. The fraction of sp³-hybridized carbons (Fsp3) is 0.130. The van der Waals surface area contributed by atoms with Gasteiger partial charge in [0.15, 0.2) is 0 Å². The zero-order valence-corrected chi connectivity index (χ0v) is 16.9. The van der Waals surface area contributed by atoms with E-state index in [1.165, 1.54) is 12.3 Å². The second kappa shape index (κ2) is 9.26. The smallest absolute Gasteiger partial charge is 0.268 e. The first-order valence-electron chi connectivity index (χ1n) is 9.09. The average molecular weight is 409 g/mol. The number of carbonyl (C=O) groups excluding carboxylic acids is 2. The Morgan fingerprint density at radius 2 is 1.83 bits per heavy atom. The maximum absolute atomic E-state index is 12.8. The van der Waals surface area contributed by atoms with Crippen molar-refractivity contribution in [3.05, 3.63) is 99.6 Å². The molecule has 5 nitrogen and oxygen atoms in total. The van der Waals surface area contributed by atoms with Gasteiger partial charge in [0.2, 0.25) is 0 Å². The molecule has 0 radical (unpaired) electrons. The summed E-state index contributed by atoms with van der Waals surface area (Å²) in [5.74, 6) is -0.370. The minimum absolute atomic E-state index is 0.0789. The van der Waals surface area contributed by atoms with Crippen LogP contribution in [0.25, 0.3) is 6.08 Å². The zero-order valence-electron chi connectivity index (χ0n) is 16.2. The molecule has 29 heavy (non-hydrogen) atoms. The van der Waals surface area contributed by atoms with Crippen molar-refractivity contribution in [3.8, 4) is 0 Å². The molecule has 2 amide bonds. The molecule has 0 aliphatic rings. The highest BCUT2D eigenvalue weighted by Gasteiger charge is 2.16. The van der Waals surface area contributed by atoms with Gasteiger partial charge in [-0.1, -0.05) is 35.9 Å². The predicted molar refractivity (Wildman–Crippen MR) is 113 cm³/mol. The predicted octanol–water partition coefficient (Wildman–Crippen LogP) is 4.64. The summed E-state index contributed by atoms with van der Waals surface area (Å²) in [5.41, 5.74) is 3.41. The van der Waals surface area contributed by atoms with Gasteiger partial charge in [-0.25, -0.2) is 0 Å². The van der Waals surface area contributed by atoms with Crippen LogP contribution in [0.15, 0.2) is 71.0 Å². The van der Waals surface area contributed by atoms with E-state index in [2.05, 4.69) is 10.6 Å². The third-order valence-electron chi connectivity index (χ3n) is 4.49. The van der Waals surface area contributed by atoms with E-state index < -0.39 is 5.91 Å². The molecule has 6 heteroatoms. The molecule has 1 heterocycles. The molecule has 0 unspecified atom stereocenters. The molecule has 0 aliphatic heterocycles. The van der Waals surface area contributed by atoms with E-state index in [0.717, 1.165) is 16.7 Å². The third kappa shape index (κ3) is 5.36. The van der Waals surface area contributed by atoms with Crippen LogP contribution >= 0.6 is 11.6 Å². The van der Waals surface area contributed by atoms with Crippen LogP contribution < -0.4 is 10.6 Å². The first kappa shape index (κ1) is 20.4. The van der Waals surface area contributed by atoms with Crippen molar-refractivity contribution >= 4 is 29.5 Å². The molecule has 1 aromatic heterocycles. The van der Waals surface area contributed by atoms with Crippen molar-refractivity contribution in [1.29, 1.82) is 0 Å². The van der Waals surface area contributed by atoms with Crippen LogP contribution in [0.2, 0.25) is 5.02 Å². The van der Waals surface area contributed by atoms with E-state index in [4.69, 9.17) is 16.0 Å². The lowest BCUT2D eigenvalue weighted by Gasteiger charge is -2.12. The quantitative estimate of drug-likeness (QED) is 0.584. The summed E-state index contributed by atoms with van der Waals surface area (Å²) in [5, 5.41) is 6.03. The molecule has 0 saturated carbocycles. The number of aryl methyl sites for hydroxylation is 2. The van der Waals surface area contributed by atoms with E-state index in [9.17, 15) is 9.59 Å². The third-order valence-corrected chi connectivity index (χ3v) is 4.86. The molecular formula is C23H21ClN2O3. The fourth-order valence-electron chi connectivity index (χ4n) is 2.66. The minimum atomic E-state index is -0.446. The second-order valence-electron chi connectivity index (χ2n) is 6.60. The summed E-state index contributed by atoms with van der Waals surface area (Å²) in [6.07, 6.45) is 2.98. The second-order valence-corrected chi connectivity index (χ2v) is 7.01. The Morgan fingerprint density at radius 3 is 2.52 bits per heavy atom. The van der Waals surface area contributed by atoms with Gasteiger partial charge in [-0.05, 0) is 60.9 Å². The van der Waals surface area contributed by atoms with E-state index in [-0.39, 0.29) is 18.1 Å². The topological polar surface area (TPSA) is 71.3 Å². The largest absolute Gasteiger partial charge is 0.465 e. The van der Waals surface area contributed by atoms with Crippen LogP contribution in [0.5, 0.6) is 0 Å². The molecule has 0 atom stereocenters. The Hall–Kier alpha value is -3.31. The summed E-state index contributed by atoms with van der Waals surface area (Å²) in [6.45, 7) is 4.14. The van der Waals surface area contributed by atoms with Gasteiger partial charge in [-0.2, -0.15) is 0 Å². The summed E-state index contributed by atoms with van der Waals surface area (Å²) in [4.78, 5) is 25.5. The van der Waals surface area contributed by atoms with Crippen molar-refractivity contribution < 1.29 is 14.0 Å². The molecule has 0 fully saturated rings. The van der Waals surface area contributed by atoms with Crippen LogP contribution in [-0.4, -0.2) is 11.8 Å². The standard InChI is InChI=1S/C23H21ClN2O3/c1-15-9-10-17(12-16(15)2)22(27)26-21(13-19-7-5-11-29-19)23(28)25-14-18-6-3-4-8-20(18)24/h3-13H,14H2,1-2H3,(H,25,28)(H,26,27)/b21-13-. The number of hydrogen-bond donors (Lipinski definition) is 2. The van der Waals surface area contributed by atoms with E-state index >= 15 is 0 Å². The molecule has 3 aromatic rings. The normalized spacial score (nSPS) is 11.2. The van der Waals surface area contributed by atoms with Gasteiger partial charge in [-0.3, -0.25) is 9.59 Å². The van der Waals surface area contributed by atoms with Gasteiger partial charge in [-0.15, -0.1) is 0 Å². The van der Waals surface area contributed by atoms with Gasteiger partial charge in [0.05, 0.1) is 6.26 Å². The number of halogens is 1. The van der Waals surface area contributed by atoms with Crippen LogP contribution in [-0.2, 0) is 11.3 Å². The van der Waals surface area contributed by atoms with E-state index in [1.54, 1.807) is 30.3 Å². The van der Waals surface area contributed by atoms with Crippen molar-refractivity contribution in [2.45, 2.75) is 20.4 Å². The highest BCUT2D eigenvalue weighted by atomic mass is 35.5. The Balaban J connectivity index is 1.79. The number of hydrogen-bond acceptors (Lipinski definition) is 3. The summed E-state index contributed by atoms with van der Waals surface area (Å²) < 4.78 is 5.29. The molecule has 0 bridgehead atoms.